The lowest BCUT2D eigenvalue weighted by Gasteiger charge is -2.18. The number of hydrogen-bond acceptors (Lipinski definition) is 4. The van der Waals surface area contributed by atoms with Crippen molar-refractivity contribution in [2.24, 2.45) is 5.73 Å². The van der Waals surface area contributed by atoms with E-state index >= 15 is 0 Å². The number of nitrogens with zero attached hydrogens (tertiary/aromatic N) is 5. The van der Waals surface area contributed by atoms with Crippen molar-refractivity contribution in [1.29, 1.82) is 0 Å². The highest BCUT2D eigenvalue weighted by Gasteiger charge is 2.11. The van der Waals surface area contributed by atoms with Gasteiger partial charge in [-0.2, -0.15) is 0 Å². The molecule has 0 saturated heterocycles. The van der Waals surface area contributed by atoms with E-state index in [4.69, 9.17) is 5.73 Å². The van der Waals surface area contributed by atoms with Gasteiger partial charge in [0.1, 0.15) is 0 Å². The van der Waals surface area contributed by atoms with Crippen LogP contribution in [0.1, 0.15) is 19.5 Å². The normalized spacial score (nSPS) is 11.9. The summed E-state index contributed by atoms with van der Waals surface area (Å²) >= 11 is 0. The van der Waals surface area contributed by atoms with Gasteiger partial charge in [0.05, 0.1) is 17.6 Å². The summed E-state index contributed by atoms with van der Waals surface area (Å²) in [6.45, 7) is 9.07. The second kappa shape index (κ2) is 7.50. The first-order valence-corrected chi connectivity index (χ1v) is 9.57. The Hall–Kier alpha value is -2.70. The number of likely N-dealkylation sites (N-methyl/N-ethyl adjacent to an activating group) is 1. The first-order chi connectivity index (χ1) is 13.2. The molecular weight excluding hydrogens is 336 g/mol. The molecular formula is C21H26N6. The average molecular weight is 362 g/mol. The molecule has 3 heterocycles. The molecule has 0 bridgehead atoms. The molecule has 0 saturated carbocycles. The maximum absolute atomic E-state index is 5.79. The molecule has 6 heteroatoms. The summed E-state index contributed by atoms with van der Waals surface area (Å²) in [6, 6.07) is 8.80. The second-order valence-corrected chi connectivity index (χ2v) is 6.72. The van der Waals surface area contributed by atoms with Gasteiger partial charge in [-0.15, -0.1) is 0 Å². The molecule has 2 N–H and O–H groups in total. The molecule has 0 radical (unpaired) electrons. The molecule has 140 valence electrons. The largest absolute Gasteiger partial charge is 0.346 e. The van der Waals surface area contributed by atoms with Gasteiger partial charge in [0.25, 0.3) is 0 Å². The van der Waals surface area contributed by atoms with Crippen LogP contribution in [-0.4, -0.2) is 43.5 Å². The zero-order valence-corrected chi connectivity index (χ0v) is 16.0. The highest BCUT2D eigenvalue weighted by atomic mass is 15.1. The van der Waals surface area contributed by atoms with Crippen LogP contribution in [0.25, 0.3) is 27.8 Å². The Morgan fingerprint density at radius 3 is 2.70 bits per heavy atom. The van der Waals surface area contributed by atoms with Crippen molar-refractivity contribution in [3.8, 4) is 11.3 Å². The van der Waals surface area contributed by atoms with Crippen LogP contribution in [0.2, 0.25) is 0 Å². The standard InChI is InChI=1S/C21H26N6/c1-3-25(4-2)11-12-26-9-7-17-13-16(5-6-19(17)26)20-15-24-21-18(14-22)23-8-10-27(20)21/h5-10,13,15H,3-4,11-12,14,22H2,1-2H3. The van der Waals surface area contributed by atoms with Gasteiger partial charge in [-0.25, -0.2) is 4.98 Å². The Morgan fingerprint density at radius 2 is 1.93 bits per heavy atom. The molecule has 27 heavy (non-hydrogen) atoms. The van der Waals surface area contributed by atoms with Crippen LogP contribution in [0.15, 0.2) is 49.1 Å². The highest BCUT2D eigenvalue weighted by molar-refractivity contribution is 5.85. The van der Waals surface area contributed by atoms with Gasteiger partial charge in [0.15, 0.2) is 5.65 Å². The highest BCUT2D eigenvalue weighted by Crippen LogP contribution is 2.26. The van der Waals surface area contributed by atoms with Crippen molar-refractivity contribution < 1.29 is 0 Å². The molecule has 0 amide bonds. The minimum Gasteiger partial charge on any atom is -0.346 e. The molecule has 0 aliphatic carbocycles. The number of aromatic nitrogens is 4. The van der Waals surface area contributed by atoms with Crippen LogP contribution in [-0.2, 0) is 13.1 Å². The van der Waals surface area contributed by atoms with Gasteiger partial charge < -0.3 is 15.2 Å². The van der Waals surface area contributed by atoms with Crippen molar-refractivity contribution >= 4 is 16.6 Å². The topological polar surface area (TPSA) is 64.4 Å². The molecule has 4 aromatic rings. The van der Waals surface area contributed by atoms with E-state index in [0.717, 1.165) is 48.8 Å². The van der Waals surface area contributed by atoms with Gasteiger partial charge in [-0.3, -0.25) is 9.38 Å². The van der Waals surface area contributed by atoms with E-state index < -0.39 is 0 Å². The second-order valence-electron chi connectivity index (χ2n) is 6.72. The van der Waals surface area contributed by atoms with E-state index in [-0.39, 0.29) is 0 Å². The zero-order valence-electron chi connectivity index (χ0n) is 16.0. The van der Waals surface area contributed by atoms with Crippen LogP contribution in [0.5, 0.6) is 0 Å². The summed E-state index contributed by atoms with van der Waals surface area (Å²) in [7, 11) is 0. The first-order valence-electron chi connectivity index (χ1n) is 9.57. The van der Waals surface area contributed by atoms with E-state index in [2.05, 4.69) is 68.1 Å². The predicted octanol–water partition coefficient (Wildman–Crippen LogP) is 3.15. The van der Waals surface area contributed by atoms with E-state index in [0.29, 0.717) is 6.54 Å². The lowest BCUT2D eigenvalue weighted by atomic mass is 10.1. The number of hydrogen-bond donors (Lipinski definition) is 1. The van der Waals surface area contributed by atoms with Crippen LogP contribution < -0.4 is 5.73 Å². The lowest BCUT2D eigenvalue weighted by molar-refractivity contribution is 0.292. The Kier molecular flexibility index (Phi) is 4.92. The van der Waals surface area contributed by atoms with E-state index in [1.807, 2.05) is 12.4 Å². The van der Waals surface area contributed by atoms with Crippen LogP contribution in [0, 0.1) is 0 Å². The van der Waals surface area contributed by atoms with Crippen molar-refractivity contribution in [2.75, 3.05) is 19.6 Å². The number of benzene rings is 1. The minimum absolute atomic E-state index is 0.384. The fourth-order valence-corrected chi connectivity index (χ4v) is 3.67. The Morgan fingerprint density at radius 1 is 1.07 bits per heavy atom. The maximum Gasteiger partial charge on any atom is 0.160 e. The summed E-state index contributed by atoms with van der Waals surface area (Å²) < 4.78 is 4.40. The fourth-order valence-electron chi connectivity index (χ4n) is 3.67. The van der Waals surface area contributed by atoms with E-state index in [9.17, 15) is 0 Å². The van der Waals surface area contributed by atoms with E-state index in [1.165, 1.54) is 10.9 Å². The molecule has 4 rings (SSSR count). The van der Waals surface area contributed by atoms with Gasteiger partial charge in [-0.05, 0) is 31.3 Å². The fraction of sp³-hybridized carbons (Fsp3) is 0.333. The van der Waals surface area contributed by atoms with Crippen molar-refractivity contribution in [2.45, 2.75) is 26.9 Å². The summed E-state index contributed by atoms with van der Waals surface area (Å²) in [5, 5.41) is 1.25. The average Bonchev–Trinajstić information content (AvgIpc) is 3.32. The number of rotatable bonds is 7. The quantitative estimate of drug-likeness (QED) is 0.548. The number of imidazole rings is 1. The van der Waals surface area contributed by atoms with Crippen molar-refractivity contribution in [3.05, 3.63) is 54.7 Å². The molecule has 6 nitrogen and oxygen atoms in total. The molecule has 0 aliphatic rings. The summed E-state index contributed by atoms with van der Waals surface area (Å²) in [5.74, 6) is 0. The molecule has 0 unspecified atom stereocenters. The van der Waals surface area contributed by atoms with E-state index in [1.54, 1.807) is 6.20 Å². The third kappa shape index (κ3) is 3.22. The molecule has 0 aliphatic heterocycles. The van der Waals surface area contributed by atoms with Gasteiger partial charge >= 0.3 is 0 Å². The first kappa shape index (κ1) is 17.7. The summed E-state index contributed by atoms with van der Waals surface area (Å²) in [5.41, 5.74) is 10.9. The number of nitrogens with two attached hydrogens (primary N) is 1. The lowest BCUT2D eigenvalue weighted by Crippen LogP contribution is -2.26. The van der Waals surface area contributed by atoms with Crippen LogP contribution >= 0.6 is 0 Å². The molecule has 0 fully saturated rings. The Balaban J connectivity index is 1.67. The van der Waals surface area contributed by atoms with Gasteiger partial charge in [0, 0.05) is 54.7 Å². The van der Waals surface area contributed by atoms with Gasteiger partial charge in [-0.1, -0.05) is 19.9 Å². The zero-order chi connectivity index (χ0) is 18.8. The Labute approximate surface area is 159 Å². The van der Waals surface area contributed by atoms with Crippen molar-refractivity contribution in [1.82, 2.24) is 23.8 Å². The Bertz CT molecular complexity index is 1060. The smallest absolute Gasteiger partial charge is 0.160 e. The minimum atomic E-state index is 0.384. The monoisotopic (exact) mass is 362 g/mol. The van der Waals surface area contributed by atoms with Crippen LogP contribution in [0.3, 0.4) is 0 Å². The summed E-state index contributed by atoms with van der Waals surface area (Å²) in [4.78, 5) is 11.3. The maximum atomic E-state index is 5.79. The molecule has 3 aromatic heterocycles. The molecule has 1 aromatic carbocycles. The van der Waals surface area contributed by atoms with Crippen molar-refractivity contribution in [3.63, 3.8) is 0 Å². The van der Waals surface area contributed by atoms with Gasteiger partial charge in [0.2, 0.25) is 0 Å². The third-order valence-electron chi connectivity index (χ3n) is 5.31. The summed E-state index contributed by atoms with van der Waals surface area (Å²) in [6.07, 6.45) is 7.80. The third-order valence-corrected chi connectivity index (χ3v) is 5.31. The SMILES string of the molecule is CCN(CC)CCn1ccc2cc(-c3cnc4c(CN)nccn34)ccc21. The molecule has 0 spiro atoms. The number of fused-ring (bicyclic) bond motifs is 2. The molecule has 0 atom stereocenters. The predicted molar refractivity (Wildman–Crippen MR) is 110 cm³/mol. The van der Waals surface area contributed by atoms with Crippen LogP contribution in [0.4, 0.5) is 0 Å².